The fraction of sp³-hybridized carbons (Fsp3) is 0.682. The molecule has 2 saturated carbocycles. The van der Waals surface area contributed by atoms with Crippen LogP contribution in [-0.4, -0.2) is 56.7 Å². The van der Waals surface area contributed by atoms with E-state index in [9.17, 15) is 9.90 Å². The van der Waals surface area contributed by atoms with Crippen molar-refractivity contribution in [2.75, 3.05) is 21.3 Å². The maximum absolute atomic E-state index is 12.8. The predicted molar refractivity (Wildman–Crippen MR) is 109 cm³/mol. The van der Waals surface area contributed by atoms with Crippen molar-refractivity contribution in [3.63, 3.8) is 0 Å². The van der Waals surface area contributed by atoms with Crippen LogP contribution in [-0.2, 0) is 4.74 Å². The van der Waals surface area contributed by atoms with Gasteiger partial charge in [0.15, 0.2) is 0 Å². The Labute approximate surface area is 172 Å². The second-order valence-corrected chi connectivity index (χ2v) is 7.96. The van der Waals surface area contributed by atoms with Crippen molar-refractivity contribution >= 4 is 5.97 Å². The lowest BCUT2D eigenvalue weighted by molar-refractivity contribution is 0.0170. The van der Waals surface area contributed by atoms with Crippen LogP contribution < -0.4 is 19.5 Å². The third-order valence-corrected chi connectivity index (χ3v) is 6.04. The molecule has 0 spiro atoms. The number of nitrogens with one attached hydrogen (secondary N) is 1. The molecule has 0 saturated heterocycles. The van der Waals surface area contributed by atoms with Gasteiger partial charge in [-0.25, -0.2) is 4.79 Å². The molecule has 7 heteroatoms. The molecule has 2 aliphatic rings. The van der Waals surface area contributed by atoms with Gasteiger partial charge in [-0.2, -0.15) is 0 Å². The molecular formula is C22H33NO6. The Hall–Kier alpha value is -1.99. The lowest BCUT2D eigenvalue weighted by Gasteiger charge is -2.34. The monoisotopic (exact) mass is 407 g/mol. The van der Waals surface area contributed by atoms with Gasteiger partial charge in [-0.05, 0) is 51.4 Å². The highest BCUT2D eigenvalue weighted by Crippen LogP contribution is 2.35. The summed E-state index contributed by atoms with van der Waals surface area (Å²) in [6, 6.07) is 4.26. The minimum Gasteiger partial charge on any atom is -0.496 e. The summed E-state index contributed by atoms with van der Waals surface area (Å²) >= 11 is 0. The number of hydrogen-bond acceptors (Lipinski definition) is 7. The summed E-state index contributed by atoms with van der Waals surface area (Å²) in [5.74, 6) is 0.873. The molecule has 1 aromatic rings. The van der Waals surface area contributed by atoms with E-state index < -0.39 is 5.97 Å². The van der Waals surface area contributed by atoms with Gasteiger partial charge in [0.2, 0.25) is 0 Å². The number of carbonyl (C=O) groups excluding carboxylic acids is 1. The highest BCUT2D eigenvalue weighted by Gasteiger charge is 2.29. The molecule has 3 rings (SSSR count). The third-order valence-electron chi connectivity index (χ3n) is 6.04. The topological polar surface area (TPSA) is 86.3 Å². The fourth-order valence-electron chi connectivity index (χ4n) is 4.34. The standard InChI is InChI=1S/C22H33NO6/c1-26-18-12-19(27-2)21(20(13-18)28-3)22(25)29-17-10-6-15(7-11-17)23-14-4-8-16(24)9-5-14/h12-17,23-24H,4-11H2,1-3H3. The first-order chi connectivity index (χ1) is 14.0. The summed E-state index contributed by atoms with van der Waals surface area (Å²) in [5.41, 5.74) is 0.289. The Balaban J connectivity index is 1.54. The Bertz CT molecular complexity index is 653. The van der Waals surface area contributed by atoms with Crippen molar-refractivity contribution in [3.8, 4) is 17.2 Å². The van der Waals surface area contributed by atoms with Gasteiger partial charge in [-0.1, -0.05) is 0 Å². The number of aliphatic hydroxyl groups excluding tert-OH is 1. The van der Waals surface area contributed by atoms with Crippen LogP contribution in [0.1, 0.15) is 61.7 Å². The third kappa shape index (κ3) is 5.54. The maximum Gasteiger partial charge on any atom is 0.346 e. The van der Waals surface area contributed by atoms with Crippen molar-refractivity contribution in [2.45, 2.75) is 75.7 Å². The van der Waals surface area contributed by atoms with E-state index in [4.69, 9.17) is 18.9 Å². The molecule has 0 heterocycles. The van der Waals surface area contributed by atoms with Gasteiger partial charge >= 0.3 is 5.97 Å². The molecule has 2 aliphatic carbocycles. The number of rotatable bonds is 7. The van der Waals surface area contributed by atoms with Crippen LogP contribution in [0.5, 0.6) is 17.2 Å². The lowest BCUT2D eigenvalue weighted by atomic mass is 9.89. The van der Waals surface area contributed by atoms with E-state index in [1.807, 2.05) is 0 Å². The summed E-state index contributed by atoms with van der Waals surface area (Å²) in [6.45, 7) is 0. The molecule has 2 N–H and O–H groups in total. The first-order valence-electron chi connectivity index (χ1n) is 10.5. The first kappa shape index (κ1) is 21.7. The highest BCUT2D eigenvalue weighted by molar-refractivity contribution is 5.96. The maximum atomic E-state index is 12.8. The van der Waals surface area contributed by atoms with Gasteiger partial charge in [0, 0.05) is 24.2 Å². The Kier molecular flexibility index (Phi) is 7.61. The second-order valence-electron chi connectivity index (χ2n) is 7.96. The number of ether oxygens (including phenoxy) is 4. The molecule has 29 heavy (non-hydrogen) atoms. The zero-order valence-electron chi connectivity index (χ0n) is 17.6. The van der Waals surface area contributed by atoms with Gasteiger partial charge < -0.3 is 29.4 Å². The minimum absolute atomic E-state index is 0.106. The Morgan fingerprint density at radius 3 is 1.86 bits per heavy atom. The molecule has 0 atom stereocenters. The Morgan fingerprint density at radius 1 is 0.862 bits per heavy atom. The summed E-state index contributed by atoms with van der Waals surface area (Å²) in [6.07, 6.45) is 7.23. The SMILES string of the molecule is COc1cc(OC)c(C(=O)OC2CCC(NC3CCC(O)CC3)CC2)c(OC)c1. The summed E-state index contributed by atoms with van der Waals surface area (Å²) in [7, 11) is 4.56. The van der Waals surface area contributed by atoms with Crippen LogP contribution in [0.3, 0.4) is 0 Å². The van der Waals surface area contributed by atoms with E-state index in [1.165, 1.54) is 14.2 Å². The molecule has 2 fully saturated rings. The van der Waals surface area contributed by atoms with E-state index in [-0.39, 0.29) is 17.8 Å². The molecule has 0 radical (unpaired) electrons. The van der Waals surface area contributed by atoms with Crippen LogP contribution >= 0.6 is 0 Å². The summed E-state index contributed by atoms with van der Waals surface area (Å²) in [4.78, 5) is 12.8. The summed E-state index contributed by atoms with van der Waals surface area (Å²) in [5, 5.41) is 13.4. The second kappa shape index (κ2) is 10.2. The van der Waals surface area contributed by atoms with E-state index >= 15 is 0 Å². The predicted octanol–water partition coefficient (Wildman–Crippen LogP) is 3.07. The van der Waals surface area contributed by atoms with E-state index in [0.29, 0.717) is 29.3 Å². The molecule has 7 nitrogen and oxygen atoms in total. The van der Waals surface area contributed by atoms with E-state index in [0.717, 1.165) is 51.4 Å². The zero-order chi connectivity index (χ0) is 20.8. The smallest absolute Gasteiger partial charge is 0.346 e. The molecule has 1 aromatic carbocycles. The number of methoxy groups -OCH3 is 3. The molecular weight excluding hydrogens is 374 g/mol. The van der Waals surface area contributed by atoms with Crippen molar-refractivity contribution < 1.29 is 28.8 Å². The number of hydrogen-bond donors (Lipinski definition) is 2. The normalized spacial score (nSPS) is 27.2. The van der Waals surface area contributed by atoms with Gasteiger partial charge in [0.05, 0.1) is 27.4 Å². The van der Waals surface area contributed by atoms with Crippen LogP contribution in [0, 0.1) is 0 Å². The molecule has 0 bridgehead atoms. The van der Waals surface area contributed by atoms with Crippen molar-refractivity contribution in [1.29, 1.82) is 0 Å². The van der Waals surface area contributed by atoms with Gasteiger partial charge in [0.1, 0.15) is 28.9 Å². The molecule has 0 aromatic heterocycles. The molecule has 0 unspecified atom stereocenters. The number of carbonyl (C=O) groups is 1. The largest absolute Gasteiger partial charge is 0.496 e. The summed E-state index contributed by atoms with van der Waals surface area (Å²) < 4.78 is 21.7. The zero-order valence-corrected chi connectivity index (χ0v) is 17.6. The fourth-order valence-corrected chi connectivity index (χ4v) is 4.34. The first-order valence-corrected chi connectivity index (χ1v) is 10.5. The number of aliphatic hydroxyl groups is 1. The van der Waals surface area contributed by atoms with Crippen LogP contribution in [0.25, 0.3) is 0 Å². The molecule has 0 aliphatic heterocycles. The van der Waals surface area contributed by atoms with Crippen molar-refractivity contribution in [3.05, 3.63) is 17.7 Å². The van der Waals surface area contributed by atoms with Crippen molar-refractivity contribution in [2.24, 2.45) is 0 Å². The van der Waals surface area contributed by atoms with Crippen LogP contribution in [0.4, 0.5) is 0 Å². The lowest BCUT2D eigenvalue weighted by Crippen LogP contribution is -2.43. The van der Waals surface area contributed by atoms with E-state index in [1.54, 1.807) is 19.2 Å². The highest BCUT2D eigenvalue weighted by atomic mass is 16.5. The number of benzene rings is 1. The van der Waals surface area contributed by atoms with Crippen LogP contribution in [0.2, 0.25) is 0 Å². The quantitative estimate of drug-likeness (QED) is 0.672. The average Bonchev–Trinajstić information content (AvgIpc) is 2.75. The molecule has 162 valence electrons. The number of esters is 1. The van der Waals surface area contributed by atoms with Gasteiger partial charge in [-0.3, -0.25) is 0 Å². The van der Waals surface area contributed by atoms with E-state index in [2.05, 4.69) is 5.32 Å². The average molecular weight is 408 g/mol. The van der Waals surface area contributed by atoms with Crippen LogP contribution in [0.15, 0.2) is 12.1 Å². The minimum atomic E-state index is -0.431. The van der Waals surface area contributed by atoms with Gasteiger partial charge in [-0.15, -0.1) is 0 Å². The van der Waals surface area contributed by atoms with Gasteiger partial charge in [0.25, 0.3) is 0 Å². The Morgan fingerprint density at radius 2 is 1.38 bits per heavy atom. The van der Waals surface area contributed by atoms with Crippen molar-refractivity contribution in [1.82, 2.24) is 5.32 Å². The molecule has 0 amide bonds.